The third-order valence-electron chi connectivity index (χ3n) is 3.80. The molecule has 0 spiro atoms. The quantitative estimate of drug-likeness (QED) is 0.412. The Hall–Kier alpha value is -4.20. The first-order valence-electron chi connectivity index (χ1n) is 8.77. The average Bonchev–Trinajstić information content (AvgIpc) is 2.80. The Labute approximate surface area is 173 Å². The van der Waals surface area contributed by atoms with E-state index < -0.39 is 23.8 Å². The molecule has 8 heteroatoms. The van der Waals surface area contributed by atoms with Crippen LogP contribution in [0.25, 0.3) is 0 Å². The second-order valence-corrected chi connectivity index (χ2v) is 5.78. The van der Waals surface area contributed by atoms with Gasteiger partial charge in [-0.05, 0) is 36.4 Å². The standard InChI is InChI=1S/C22H20N2O6/c1-29-21(27)17(23-19(25)15-9-5-3-6-10-15)13-14-18(22(28)30-2)24-20(26)16-11-7-4-8-12-16/h3-14H,1-2H3,(H,23,25)(H,24,26). The molecule has 2 aromatic carbocycles. The molecule has 0 heterocycles. The lowest BCUT2D eigenvalue weighted by molar-refractivity contribution is -0.137. The summed E-state index contributed by atoms with van der Waals surface area (Å²) in [6.07, 6.45) is 2.29. The van der Waals surface area contributed by atoms with Crippen molar-refractivity contribution in [3.05, 3.63) is 95.3 Å². The lowest BCUT2D eigenvalue weighted by Gasteiger charge is -2.09. The predicted octanol–water partition coefficient (Wildman–Crippen LogP) is 1.96. The summed E-state index contributed by atoms with van der Waals surface area (Å²) in [5.74, 6) is -2.77. The first-order chi connectivity index (χ1) is 14.5. The van der Waals surface area contributed by atoms with E-state index in [0.717, 1.165) is 26.4 Å². The zero-order valence-electron chi connectivity index (χ0n) is 16.4. The van der Waals surface area contributed by atoms with E-state index in [-0.39, 0.29) is 11.4 Å². The van der Waals surface area contributed by atoms with Crippen LogP contribution in [-0.2, 0) is 19.1 Å². The summed E-state index contributed by atoms with van der Waals surface area (Å²) in [6.45, 7) is 0. The molecular formula is C22H20N2O6. The van der Waals surface area contributed by atoms with Crippen molar-refractivity contribution < 1.29 is 28.7 Å². The van der Waals surface area contributed by atoms with Crippen molar-refractivity contribution in [3.63, 3.8) is 0 Å². The summed E-state index contributed by atoms with van der Waals surface area (Å²) in [7, 11) is 2.29. The van der Waals surface area contributed by atoms with Crippen molar-refractivity contribution in [2.45, 2.75) is 0 Å². The van der Waals surface area contributed by atoms with Gasteiger partial charge in [0.25, 0.3) is 11.8 Å². The van der Waals surface area contributed by atoms with E-state index in [2.05, 4.69) is 20.1 Å². The molecule has 0 radical (unpaired) electrons. The van der Waals surface area contributed by atoms with Crippen LogP contribution in [0.5, 0.6) is 0 Å². The first-order valence-corrected chi connectivity index (χ1v) is 8.77. The highest BCUT2D eigenvalue weighted by Gasteiger charge is 2.17. The minimum atomic E-state index is -0.839. The molecule has 30 heavy (non-hydrogen) atoms. The van der Waals surface area contributed by atoms with Crippen LogP contribution in [0.15, 0.2) is 84.2 Å². The van der Waals surface area contributed by atoms with Crippen molar-refractivity contribution >= 4 is 23.8 Å². The highest BCUT2D eigenvalue weighted by atomic mass is 16.5. The molecular weight excluding hydrogens is 388 g/mol. The second-order valence-electron chi connectivity index (χ2n) is 5.78. The number of rotatable bonds is 7. The number of carbonyl (C=O) groups is 4. The fourth-order valence-electron chi connectivity index (χ4n) is 2.28. The highest BCUT2D eigenvalue weighted by Crippen LogP contribution is 2.05. The molecule has 0 aliphatic heterocycles. The van der Waals surface area contributed by atoms with E-state index >= 15 is 0 Å². The van der Waals surface area contributed by atoms with Gasteiger partial charge in [0.05, 0.1) is 14.2 Å². The van der Waals surface area contributed by atoms with Crippen LogP contribution >= 0.6 is 0 Å². The lowest BCUT2D eigenvalue weighted by Crippen LogP contribution is -2.29. The maximum absolute atomic E-state index is 12.3. The second kappa shape index (κ2) is 11.0. The Balaban J connectivity index is 2.29. The Morgan fingerprint density at radius 1 is 0.633 bits per heavy atom. The molecule has 8 nitrogen and oxygen atoms in total. The molecule has 2 aromatic rings. The topological polar surface area (TPSA) is 111 Å². The van der Waals surface area contributed by atoms with E-state index in [4.69, 9.17) is 0 Å². The van der Waals surface area contributed by atoms with Gasteiger partial charge in [-0.2, -0.15) is 0 Å². The number of esters is 2. The van der Waals surface area contributed by atoms with Gasteiger partial charge in [0.15, 0.2) is 0 Å². The fraction of sp³-hybridized carbons (Fsp3) is 0.0909. The van der Waals surface area contributed by atoms with Crippen LogP contribution in [0.2, 0.25) is 0 Å². The number of nitrogens with one attached hydrogen (secondary N) is 2. The lowest BCUT2D eigenvalue weighted by atomic mass is 10.2. The molecule has 154 valence electrons. The van der Waals surface area contributed by atoms with E-state index in [1.807, 2.05) is 0 Å². The van der Waals surface area contributed by atoms with Crippen molar-refractivity contribution in [2.24, 2.45) is 0 Å². The van der Waals surface area contributed by atoms with Gasteiger partial charge in [0.1, 0.15) is 11.4 Å². The van der Waals surface area contributed by atoms with Crippen LogP contribution in [0.1, 0.15) is 20.7 Å². The number of ether oxygens (including phenoxy) is 2. The summed E-state index contributed by atoms with van der Waals surface area (Å²) in [6, 6.07) is 16.5. The van der Waals surface area contributed by atoms with E-state index in [9.17, 15) is 19.2 Å². The van der Waals surface area contributed by atoms with Crippen LogP contribution < -0.4 is 10.6 Å². The summed E-state index contributed by atoms with van der Waals surface area (Å²) in [4.78, 5) is 48.7. The zero-order chi connectivity index (χ0) is 21.9. The Kier molecular flexibility index (Phi) is 8.07. The van der Waals surface area contributed by atoms with E-state index in [1.165, 1.54) is 0 Å². The minimum absolute atomic E-state index is 0.235. The van der Waals surface area contributed by atoms with Gasteiger partial charge in [-0.15, -0.1) is 0 Å². The molecule has 0 aromatic heterocycles. The SMILES string of the molecule is COC(=O)C(=CC=C(NC(=O)c1ccccc1)C(=O)OC)NC(=O)c1ccccc1. The number of benzene rings is 2. The minimum Gasteiger partial charge on any atom is -0.464 e. The summed E-state index contributed by atoms with van der Waals surface area (Å²) in [5.41, 5.74) is 0.173. The molecule has 2 rings (SSSR count). The van der Waals surface area contributed by atoms with Crippen molar-refractivity contribution in [1.29, 1.82) is 0 Å². The van der Waals surface area contributed by atoms with Gasteiger partial charge in [-0.1, -0.05) is 36.4 Å². The monoisotopic (exact) mass is 408 g/mol. The molecule has 0 fully saturated rings. The smallest absolute Gasteiger partial charge is 0.354 e. The first kappa shape index (κ1) is 22.1. The summed E-state index contributed by atoms with van der Waals surface area (Å²) >= 11 is 0. The summed E-state index contributed by atoms with van der Waals surface area (Å²) < 4.78 is 9.33. The third-order valence-corrected chi connectivity index (χ3v) is 3.80. The van der Waals surface area contributed by atoms with Crippen LogP contribution in [0.4, 0.5) is 0 Å². The Bertz CT molecular complexity index is 900. The molecule has 2 N–H and O–H groups in total. The molecule has 0 atom stereocenters. The predicted molar refractivity (Wildman–Crippen MR) is 108 cm³/mol. The van der Waals surface area contributed by atoms with Gasteiger partial charge in [0, 0.05) is 11.1 Å². The molecule has 2 amide bonds. The highest BCUT2D eigenvalue weighted by molar-refractivity contribution is 6.02. The number of hydrogen-bond donors (Lipinski definition) is 2. The molecule has 0 saturated carbocycles. The van der Waals surface area contributed by atoms with Gasteiger partial charge in [-0.3, -0.25) is 9.59 Å². The van der Waals surface area contributed by atoms with E-state index in [0.29, 0.717) is 11.1 Å². The van der Waals surface area contributed by atoms with Gasteiger partial charge in [-0.25, -0.2) is 9.59 Å². The Morgan fingerprint density at radius 2 is 0.967 bits per heavy atom. The number of methoxy groups -OCH3 is 2. The number of carbonyl (C=O) groups excluding carboxylic acids is 4. The molecule has 0 bridgehead atoms. The van der Waals surface area contributed by atoms with Gasteiger partial charge < -0.3 is 20.1 Å². The van der Waals surface area contributed by atoms with Crippen molar-refractivity contribution in [1.82, 2.24) is 10.6 Å². The van der Waals surface area contributed by atoms with Gasteiger partial charge >= 0.3 is 11.9 Å². The molecule has 0 saturated heterocycles. The molecule has 0 aliphatic rings. The largest absolute Gasteiger partial charge is 0.464 e. The fourth-order valence-corrected chi connectivity index (χ4v) is 2.28. The summed E-state index contributed by atoms with van der Waals surface area (Å²) in [5, 5.41) is 4.84. The van der Waals surface area contributed by atoms with E-state index in [1.54, 1.807) is 60.7 Å². The number of amides is 2. The number of allylic oxidation sites excluding steroid dienone is 2. The van der Waals surface area contributed by atoms with Crippen LogP contribution in [0, 0.1) is 0 Å². The Morgan fingerprint density at radius 3 is 1.27 bits per heavy atom. The third kappa shape index (κ3) is 6.16. The van der Waals surface area contributed by atoms with Gasteiger partial charge in [0.2, 0.25) is 0 Å². The molecule has 0 aliphatic carbocycles. The normalized spacial score (nSPS) is 11.3. The molecule has 0 unspecified atom stereocenters. The zero-order valence-corrected chi connectivity index (χ0v) is 16.4. The number of hydrogen-bond acceptors (Lipinski definition) is 6. The maximum Gasteiger partial charge on any atom is 0.354 e. The van der Waals surface area contributed by atoms with Crippen molar-refractivity contribution in [2.75, 3.05) is 14.2 Å². The van der Waals surface area contributed by atoms with Crippen LogP contribution in [-0.4, -0.2) is 38.0 Å². The van der Waals surface area contributed by atoms with Crippen molar-refractivity contribution in [3.8, 4) is 0 Å². The maximum atomic E-state index is 12.3. The van der Waals surface area contributed by atoms with Crippen LogP contribution in [0.3, 0.4) is 0 Å². The average molecular weight is 408 g/mol.